The molecule has 0 unspecified atom stereocenters. The molecule has 0 spiro atoms. The molecule has 0 amide bonds. The fourth-order valence-electron chi connectivity index (χ4n) is 2.45. The quantitative estimate of drug-likeness (QED) is 0.848. The Hall–Kier alpha value is -1.03. The van der Waals surface area contributed by atoms with Crippen LogP contribution in [0.15, 0.2) is 30.5 Å². The van der Waals surface area contributed by atoms with Crippen LogP contribution in [0.3, 0.4) is 0 Å². The number of fused-ring (bicyclic) bond motifs is 1. The smallest absolute Gasteiger partial charge is 0.0594 e. The van der Waals surface area contributed by atoms with E-state index in [2.05, 4.69) is 27.8 Å². The molecule has 1 saturated heterocycles. The van der Waals surface area contributed by atoms with E-state index in [1.165, 1.54) is 5.52 Å². The maximum atomic E-state index is 6.18. The van der Waals surface area contributed by atoms with E-state index < -0.39 is 0 Å². The van der Waals surface area contributed by atoms with Crippen LogP contribution >= 0.6 is 11.6 Å². The Bertz CT molecular complexity index is 532. The van der Waals surface area contributed by atoms with Gasteiger partial charge in [0.15, 0.2) is 0 Å². The minimum atomic E-state index is 0.831. The molecule has 4 heteroatoms. The van der Waals surface area contributed by atoms with Crippen molar-refractivity contribution in [1.82, 2.24) is 9.47 Å². The van der Waals surface area contributed by atoms with Crippen LogP contribution in [0.1, 0.15) is 0 Å². The van der Waals surface area contributed by atoms with Gasteiger partial charge in [0.1, 0.15) is 0 Å². The molecule has 2 heterocycles. The average Bonchev–Trinajstić information content (AvgIpc) is 2.82. The van der Waals surface area contributed by atoms with E-state index in [9.17, 15) is 0 Å². The molecule has 0 aliphatic carbocycles. The van der Waals surface area contributed by atoms with Crippen molar-refractivity contribution in [3.05, 3.63) is 35.5 Å². The molecular weight excluding hydrogens is 248 g/mol. The van der Waals surface area contributed by atoms with Crippen molar-refractivity contribution in [3.8, 4) is 0 Å². The van der Waals surface area contributed by atoms with Gasteiger partial charge in [-0.3, -0.25) is 4.90 Å². The third-order valence-corrected chi connectivity index (χ3v) is 3.85. The van der Waals surface area contributed by atoms with Gasteiger partial charge in [0.25, 0.3) is 0 Å². The first-order chi connectivity index (χ1) is 8.84. The molecule has 3 rings (SSSR count). The Balaban J connectivity index is 1.72. The van der Waals surface area contributed by atoms with E-state index in [0.717, 1.165) is 49.8 Å². The monoisotopic (exact) mass is 264 g/mol. The summed E-state index contributed by atoms with van der Waals surface area (Å²) >= 11 is 6.18. The molecule has 3 nitrogen and oxygen atoms in total. The standard InChI is InChI=1S/C14H17ClN2O/c15-13-2-1-3-14-12(13)4-5-17(14)7-6-16-8-10-18-11-9-16/h1-5H,6-11H2. The van der Waals surface area contributed by atoms with Gasteiger partial charge in [-0.15, -0.1) is 0 Å². The second kappa shape index (κ2) is 5.31. The summed E-state index contributed by atoms with van der Waals surface area (Å²) in [6.45, 7) is 5.87. The van der Waals surface area contributed by atoms with Crippen LogP contribution in [-0.4, -0.2) is 42.3 Å². The zero-order valence-electron chi connectivity index (χ0n) is 10.3. The first kappa shape index (κ1) is 12.0. The zero-order chi connectivity index (χ0) is 12.4. The number of nitrogens with zero attached hydrogens (tertiary/aromatic N) is 2. The summed E-state index contributed by atoms with van der Waals surface area (Å²) in [6.07, 6.45) is 2.12. The van der Waals surface area contributed by atoms with Crippen molar-refractivity contribution < 1.29 is 4.74 Å². The van der Waals surface area contributed by atoms with Crippen molar-refractivity contribution >= 4 is 22.5 Å². The Kier molecular flexibility index (Phi) is 3.55. The van der Waals surface area contributed by atoms with E-state index in [4.69, 9.17) is 16.3 Å². The lowest BCUT2D eigenvalue weighted by Crippen LogP contribution is -2.38. The number of halogens is 1. The van der Waals surface area contributed by atoms with Crippen LogP contribution in [0.4, 0.5) is 0 Å². The Morgan fingerprint density at radius 3 is 2.78 bits per heavy atom. The number of morpholine rings is 1. The summed E-state index contributed by atoms with van der Waals surface area (Å²) in [7, 11) is 0. The molecule has 18 heavy (non-hydrogen) atoms. The highest BCUT2D eigenvalue weighted by Gasteiger charge is 2.10. The molecular formula is C14H17ClN2O. The molecule has 1 aliphatic heterocycles. The molecule has 0 bridgehead atoms. The molecule has 0 atom stereocenters. The van der Waals surface area contributed by atoms with Crippen LogP contribution in [0.25, 0.3) is 10.9 Å². The lowest BCUT2D eigenvalue weighted by atomic mass is 10.2. The molecule has 0 N–H and O–H groups in total. The molecule has 0 saturated carbocycles. The number of rotatable bonds is 3. The van der Waals surface area contributed by atoms with Gasteiger partial charge in [-0.1, -0.05) is 17.7 Å². The van der Waals surface area contributed by atoms with Crippen molar-refractivity contribution in [1.29, 1.82) is 0 Å². The first-order valence-corrected chi connectivity index (χ1v) is 6.76. The highest BCUT2D eigenvalue weighted by atomic mass is 35.5. The van der Waals surface area contributed by atoms with Crippen molar-refractivity contribution in [2.75, 3.05) is 32.8 Å². The van der Waals surface area contributed by atoms with Gasteiger partial charge in [0.05, 0.1) is 13.2 Å². The van der Waals surface area contributed by atoms with E-state index in [0.29, 0.717) is 0 Å². The van der Waals surface area contributed by atoms with E-state index in [-0.39, 0.29) is 0 Å². The van der Waals surface area contributed by atoms with Gasteiger partial charge in [-0.05, 0) is 18.2 Å². The van der Waals surface area contributed by atoms with Gasteiger partial charge < -0.3 is 9.30 Å². The number of aromatic nitrogens is 1. The Labute approximate surface area is 112 Å². The predicted octanol–water partition coefficient (Wildman–Crippen LogP) is 2.63. The SMILES string of the molecule is Clc1cccc2c1ccn2CCN1CCOCC1. The second-order valence-electron chi connectivity index (χ2n) is 4.64. The predicted molar refractivity (Wildman–Crippen MR) is 74.2 cm³/mol. The lowest BCUT2D eigenvalue weighted by molar-refractivity contribution is 0.0365. The van der Waals surface area contributed by atoms with Crippen molar-refractivity contribution in [2.24, 2.45) is 0 Å². The second-order valence-corrected chi connectivity index (χ2v) is 5.04. The largest absolute Gasteiger partial charge is 0.379 e. The summed E-state index contributed by atoms with van der Waals surface area (Å²) in [4.78, 5) is 2.44. The summed E-state index contributed by atoms with van der Waals surface area (Å²) in [5, 5.41) is 1.97. The first-order valence-electron chi connectivity index (χ1n) is 6.38. The molecule has 0 radical (unpaired) electrons. The number of hydrogen-bond donors (Lipinski definition) is 0. The average molecular weight is 265 g/mol. The molecule has 1 aliphatic rings. The van der Waals surface area contributed by atoms with Gasteiger partial charge in [-0.25, -0.2) is 0 Å². The number of hydrogen-bond acceptors (Lipinski definition) is 2. The van der Waals surface area contributed by atoms with Crippen LogP contribution < -0.4 is 0 Å². The van der Waals surface area contributed by atoms with Crippen LogP contribution in [-0.2, 0) is 11.3 Å². The van der Waals surface area contributed by atoms with E-state index >= 15 is 0 Å². The molecule has 96 valence electrons. The summed E-state index contributed by atoms with van der Waals surface area (Å²) in [5.41, 5.74) is 1.22. The van der Waals surface area contributed by atoms with Gasteiger partial charge >= 0.3 is 0 Å². The zero-order valence-corrected chi connectivity index (χ0v) is 11.1. The van der Waals surface area contributed by atoms with Crippen molar-refractivity contribution in [2.45, 2.75) is 6.54 Å². The number of ether oxygens (including phenoxy) is 1. The van der Waals surface area contributed by atoms with Gasteiger partial charge in [0, 0.05) is 48.3 Å². The molecule has 2 aromatic rings. The Morgan fingerprint density at radius 2 is 1.94 bits per heavy atom. The third-order valence-electron chi connectivity index (χ3n) is 3.52. The minimum absolute atomic E-state index is 0.831. The topological polar surface area (TPSA) is 17.4 Å². The Morgan fingerprint density at radius 1 is 1.11 bits per heavy atom. The van der Waals surface area contributed by atoms with Crippen molar-refractivity contribution in [3.63, 3.8) is 0 Å². The summed E-state index contributed by atoms with van der Waals surface area (Å²) in [6, 6.07) is 8.17. The molecule has 1 aromatic carbocycles. The van der Waals surface area contributed by atoms with Crippen LogP contribution in [0.5, 0.6) is 0 Å². The lowest BCUT2D eigenvalue weighted by Gasteiger charge is -2.26. The van der Waals surface area contributed by atoms with Gasteiger partial charge in [-0.2, -0.15) is 0 Å². The third kappa shape index (κ3) is 2.39. The molecule has 1 fully saturated rings. The van der Waals surface area contributed by atoms with E-state index in [1.54, 1.807) is 0 Å². The minimum Gasteiger partial charge on any atom is -0.379 e. The fraction of sp³-hybridized carbons (Fsp3) is 0.429. The normalized spacial score (nSPS) is 17.4. The maximum absolute atomic E-state index is 6.18. The van der Waals surface area contributed by atoms with E-state index in [1.807, 2.05) is 12.1 Å². The number of benzene rings is 1. The highest BCUT2D eigenvalue weighted by molar-refractivity contribution is 6.35. The van der Waals surface area contributed by atoms with Crippen LogP contribution in [0, 0.1) is 0 Å². The van der Waals surface area contributed by atoms with Gasteiger partial charge in [0.2, 0.25) is 0 Å². The maximum Gasteiger partial charge on any atom is 0.0594 e. The fourth-order valence-corrected chi connectivity index (χ4v) is 2.69. The molecule has 1 aromatic heterocycles. The highest BCUT2D eigenvalue weighted by Crippen LogP contribution is 2.24. The summed E-state index contributed by atoms with van der Waals surface area (Å²) < 4.78 is 7.63. The van der Waals surface area contributed by atoms with Crippen LogP contribution in [0.2, 0.25) is 5.02 Å². The summed E-state index contributed by atoms with van der Waals surface area (Å²) in [5.74, 6) is 0.